The van der Waals surface area contributed by atoms with E-state index in [1.165, 1.54) is 18.2 Å². The Hall–Kier alpha value is -2.27. The molecule has 152 valence electrons. The smallest absolute Gasteiger partial charge is 0.255 e. The lowest BCUT2D eigenvalue weighted by Gasteiger charge is -2.34. The summed E-state index contributed by atoms with van der Waals surface area (Å²) < 4.78 is 25.7. The van der Waals surface area contributed by atoms with E-state index in [-0.39, 0.29) is 10.8 Å². The number of amides is 1. The summed E-state index contributed by atoms with van der Waals surface area (Å²) in [5.41, 5.74) is 2.20. The van der Waals surface area contributed by atoms with Crippen molar-refractivity contribution in [2.24, 2.45) is 5.14 Å². The number of piperazine rings is 1. The number of rotatable bonds is 4. The first-order valence-corrected chi connectivity index (χ1v) is 11.4. The van der Waals surface area contributed by atoms with Gasteiger partial charge in [-0.3, -0.25) is 9.69 Å². The topological polar surface area (TPSA) is 101 Å². The van der Waals surface area contributed by atoms with Crippen LogP contribution in [0.4, 0.5) is 0 Å². The van der Waals surface area contributed by atoms with Crippen molar-refractivity contribution < 1.29 is 13.2 Å². The fraction of sp³-hybridized carbons (Fsp3) is 0.263. The molecule has 0 unspecified atom stereocenters. The van der Waals surface area contributed by atoms with Crippen molar-refractivity contribution >= 4 is 37.5 Å². The third kappa shape index (κ3) is 4.35. The second-order valence-corrected chi connectivity index (χ2v) is 9.37. The van der Waals surface area contributed by atoms with Crippen LogP contribution in [0, 0.1) is 0 Å². The number of fused-ring (bicyclic) bond motifs is 1. The molecule has 1 aliphatic rings. The van der Waals surface area contributed by atoms with Crippen LogP contribution < -0.4 is 5.14 Å². The molecule has 0 atom stereocenters. The maximum Gasteiger partial charge on any atom is 0.255 e. The summed E-state index contributed by atoms with van der Waals surface area (Å²) in [5.74, 6) is -0.213. The number of hydrogen-bond donors (Lipinski definition) is 1. The molecular weight excluding hydrogens is 458 g/mol. The molecule has 0 aliphatic carbocycles. The summed E-state index contributed by atoms with van der Waals surface area (Å²) in [7, 11) is -3.87. The number of aromatic nitrogens is 2. The Labute approximate surface area is 177 Å². The summed E-state index contributed by atoms with van der Waals surface area (Å²) in [4.78, 5) is 21.4. The summed E-state index contributed by atoms with van der Waals surface area (Å²) >= 11 is 3.33. The first-order chi connectivity index (χ1) is 13.8. The summed E-state index contributed by atoms with van der Waals surface area (Å²) in [6.07, 6.45) is 3.98. The second kappa shape index (κ2) is 7.86. The van der Waals surface area contributed by atoms with Gasteiger partial charge in [0, 0.05) is 49.6 Å². The molecule has 1 amide bonds. The highest BCUT2D eigenvalue weighted by atomic mass is 79.9. The Bertz CT molecular complexity index is 1140. The van der Waals surface area contributed by atoms with Gasteiger partial charge in [-0.1, -0.05) is 6.07 Å². The molecule has 3 heterocycles. The lowest BCUT2D eigenvalue weighted by Crippen LogP contribution is -2.48. The van der Waals surface area contributed by atoms with Gasteiger partial charge in [-0.25, -0.2) is 18.5 Å². The highest BCUT2D eigenvalue weighted by Gasteiger charge is 2.25. The van der Waals surface area contributed by atoms with E-state index in [9.17, 15) is 13.2 Å². The average Bonchev–Trinajstić information content (AvgIpc) is 3.10. The van der Waals surface area contributed by atoms with Gasteiger partial charge in [0.15, 0.2) is 0 Å². The van der Waals surface area contributed by atoms with E-state index in [1.54, 1.807) is 4.90 Å². The average molecular weight is 478 g/mol. The number of benzene rings is 1. The predicted molar refractivity (Wildman–Crippen MR) is 112 cm³/mol. The van der Waals surface area contributed by atoms with Crippen LogP contribution in [0.5, 0.6) is 0 Å². The Morgan fingerprint density at radius 2 is 1.90 bits per heavy atom. The molecule has 0 spiro atoms. The highest BCUT2D eigenvalue weighted by Crippen LogP contribution is 2.23. The monoisotopic (exact) mass is 477 g/mol. The number of sulfonamides is 1. The van der Waals surface area contributed by atoms with Crippen LogP contribution in [0.1, 0.15) is 16.1 Å². The summed E-state index contributed by atoms with van der Waals surface area (Å²) in [6.45, 7) is 3.25. The van der Waals surface area contributed by atoms with E-state index in [0.29, 0.717) is 42.8 Å². The maximum atomic E-state index is 12.9. The number of carbonyl (C=O) groups excluding carboxylic acids is 1. The number of imidazole rings is 1. The molecule has 4 rings (SSSR count). The summed E-state index contributed by atoms with van der Waals surface area (Å²) in [6, 6.07) is 10.1. The molecule has 1 saturated heterocycles. The van der Waals surface area contributed by atoms with E-state index in [1.807, 2.05) is 35.0 Å². The predicted octanol–water partition coefficient (Wildman–Crippen LogP) is 1.70. The first kappa shape index (κ1) is 20.0. The molecule has 1 aromatic carbocycles. The van der Waals surface area contributed by atoms with Gasteiger partial charge in [0.2, 0.25) is 10.0 Å². The van der Waals surface area contributed by atoms with Crippen molar-refractivity contribution in [2.45, 2.75) is 11.4 Å². The van der Waals surface area contributed by atoms with Crippen LogP contribution >= 0.6 is 15.9 Å². The lowest BCUT2D eigenvalue weighted by atomic mass is 10.2. The molecular formula is C19H20BrN5O3S. The van der Waals surface area contributed by atoms with Gasteiger partial charge in [0.25, 0.3) is 5.91 Å². The third-order valence-corrected chi connectivity index (χ3v) is 6.56. The molecule has 0 saturated carbocycles. The van der Waals surface area contributed by atoms with E-state index in [4.69, 9.17) is 5.14 Å². The van der Waals surface area contributed by atoms with Crippen molar-refractivity contribution in [3.8, 4) is 0 Å². The third-order valence-electron chi connectivity index (χ3n) is 4.96. The van der Waals surface area contributed by atoms with Gasteiger partial charge in [0.05, 0.1) is 16.2 Å². The molecule has 3 aromatic rings. The normalized spacial score (nSPS) is 15.7. The SMILES string of the molecule is NS(=O)(=O)c1ccc(Br)c(C(=O)N2CCN(Cc3cn4ccccc4n3)CC2)c1. The molecule has 2 N–H and O–H groups in total. The molecule has 1 aliphatic heterocycles. The minimum atomic E-state index is -3.87. The van der Waals surface area contributed by atoms with E-state index in [2.05, 4.69) is 25.8 Å². The molecule has 2 aromatic heterocycles. The van der Waals surface area contributed by atoms with Crippen LogP contribution in [0.2, 0.25) is 0 Å². The fourth-order valence-corrected chi connectivity index (χ4v) is 4.37. The zero-order valence-corrected chi connectivity index (χ0v) is 17.9. The maximum absolute atomic E-state index is 12.9. The molecule has 29 heavy (non-hydrogen) atoms. The van der Waals surface area contributed by atoms with Crippen molar-refractivity contribution in [1.29, 1.82) is 0 Å². The Balaban J connectivity index is 1.42. The van der Waals surface area contributed by atoms with Crippen molar-refractivity contribution in [3.63, 3.8) is 0 Å². The van der Waals surface area contributed by atoms with Gasteiger partial charge in [-0.2, -0.15) is 0 Å². The lowest BCUT2D eigenvalue weighted by molar-refractivity contribution is 0.0626. The zero-order valence-electron chi connectivity index (χ0n) is 15.5. The number of halogens is 1. The van der Waals surface area contributed by atoms with Crippen LogP contribution in [0.3, 0.4) is 0 Å². The number of nitrogens with zero attached hydrogens (tertiary/aromatic N) is 4. The first-order valence-electron chi connectivity index (χ1n) is 9.08. The Kier molecular flexibility index (Phi) is 5.43. The summed E-state index contributed by atoms with van der Waals surface area (Å²) in [5, 5.41) is 5.19. The number of hydrogen-bond acceptors (Lipinski definition) is 5. The Morgan fingerprint density at radius 3 is 2.59 bits per heavy atom. The number of primary sulfonamides is 1. The largest absolute Gasteiger partial charge is 0.336 e. The molecule has 10 heteroatoms. The number of pyridine rings is 1. The standard InChI is InChI=1S/C19H20BrN5O3S/c20-17-5-4-15(29(21,27)28)11-16(17)19(26)24-9-7-23(8-10-24)12-14-13-25-6-2-1-3-18(25)22-14/h1-6,11,13H,7-10,12H2,(H2,21,27,28). The Morgan fingerprint density at radius 1 is 1.14 bits per heavy atom. The van der Waals surface area contributed by atoms with Crippen LogP contribution in [-0.4, -0.2) is 59.7 Å². The van der Waals surface area contributed by atoms with Crippen molar-refractivity contribution in [2.75, 3.05) is 26.2 Å². The van der Waals surface area contributed by atoms with Crippen LogP contribution in [0.25, 0.3) is 5.65 Å². The van der Waals surface area contributed by atoms with Gasteiger partial charge in [-0.15, -0.1) is 0 Å². The molecule has 0 bridgehead atoms. The van der Waals surface area contributed by atoms with Crippen LogP contribution in [-0.2, 0) is 16.6 Å². The van der Waals surface area contributed by atoms with Crippen LogP contribution in [0.15, 0.2) is 58.2 Å². The van der Waals surface area contributed by atoms with Gasteiger partial charge < -0.3 is 9.30 Å². The van der Waals surface area contributed by atoms with Gasteiger partial charge in [0.1, 0.15) is 5.65 Å². The van der Waals surface area contributed by atoms with Crippen molar-refractivity contribution in [1.82, 2.24) is 19.2 Å². The second-order valence-electron chi connectivity index (χ2n) is 6.95. The molecule has 1 fully saturated rings. The number of nitrogens with two attached hydrogens (primary N) is 1. The van der Waals surface area contributed by atoms with Crippen molar-refractivity contribution in [3.05, 3.63) is 64.5 Å². The zero-order chi connectivity index (χ0) is 20.6. The fourth-order valence-electron chi connectivity index (χ4n) is 3.42. The number of carbonyl (C=O) groups is 1. The molecule has 8 nitrogen and oxygen atoms in total. The quantitative estimate of drug-likeness (QED) is 0.616. The van der Waals surface area contributed by atoms with E-state index in [0.717, 1.165) is 11.3 Å². The van der Waals surface area contributed by atoms with Gasteiger partial charge >= 0.3 is 0 Å². The minimum Gasteiger partial charge on any atom is -0.336 e. The highest BCUT2D eigenvalue weighted by molar-refractivity contribution is 9.10. The van der Waals surface area contributed by atoms with E-state index >= 15 is 0 Å². The minimum absolute atomic E-state index is 0.0745. The van der Waals surface area contributed by atoms with E-state index < -0.39 is 10.0 Å². The van der Waals surface area contributed by atoms with Gasteiger partial charge in [-0.05, 0) is 46.3 Å². The molecule has 0 radical (unpaired) electrons.